The number of amides is 1. The second-order valence-electron chi connectivity index (χ2n) is 7.48. The number of ketones is 1. The van der Waals surface area contributed by atoms with Gasteiger partial charge >= 0.3 is 0 Å². The number of Topliss-reactive ketones (excluding diaryl/α,β-unsaturated/α-hetero) is 1. The minimum absolute atomic E-state index is 0.143. The first-order chi connectivity index (χ1) is 13.3. The van der Waals surface area contributed by atoms with Crippen molar-refractivity contribution in [2.75, 3.05) is 33.3 Å². The zero-order chi connectivity index (χ0) is 20.8. The minimum Gasteiger partial charge on any atom is -0.503 e. The van der Waals surface area contributed by atoms with Crippen molar-refractivity contribution in [1.82, 2.24) is 9.80 Å². The molecule has 0 saturated heterocycles. The fraction of sp³-hybridized carbons (Fsp3) is 0.545. The van der Waals surface area contributed by atoms with Crippen LogP contribution in [0.4, 0.5) is 0 Å². The molecule has 0 aromatic heterocycles. The lowest BCUT2D eigenvalue weighted by Crippen LogP contribution is -2.38. The van der Waals surface area contributed by atoms with Gasteiger partial charge < -0.3 is 19.6 Å². The molecule has 6 heteroatoms. The van der Waals surface area contributed by atoms with Gasteiger partial charge in [0.1, 0.15) is 5.75 Å². The summed E-state index contributed by atoms with van der Waals surface area (Å²) in [5.41, 5.74) is 1.01. The Labute approximate surface area is 167 Å². The smallest absolute Gasteiger partial charge is 0.290 e. The molecule has 1 aliphatic heterocycles. The highest BCUT2D eigenvalue weighted by Crippen LogP contribution is 2.39. The van der Waals surface area contributed by atoms with Crippen molar-refractivity contribution < 1.29 is 19.4 Å². The molecule has 28 heavy (non-hydrogen) atoms. The summed E-state index contributed by atoms with van der Waals surface area (Å²) in [4.78, 5) is 29.5. The molecular weight excluding hydrogens is 356 g/mol. The SMILES string of the molecule is CCN(CC)CCN1C(=O)C(O)=C(C(=O)CC(C)C)C1c1ccc(OC)cc1. The molecule has 1 amide bonds. The van der Waals surface area contributed by atoms with Crippen molar-refractivity contribution in [2.45, 2.75) is 40.2 Å². The lowest BCUT2D eigenvalue weighted by atomic mass is 9.92. The molecule has 1 aromatic rings. The summed E-state index contributed by atoms with van der Waals surface area (Å²) in [7, 11) is 1.59. The highest BCUT2D eigenvalue weighted by molar-refractivity contribution is 6.09. The third-order valence-corrected chi connectivity index (χ3v) is 5.18. The summed E-state index contributed by atoms with van der Waals surface area (Å²) in [6.07, 6.45) is 0.295. The number of methoxy groups -OCH3 is 1. The van der Waals surface area contributed by atoms with Crippen LogP contribution in [0.15, 0.2) is 35.6 Å². The van der Waals surface area contributed by atoms with Crippen molar-refractivity contribution in [3.8, 4) is 5.75 Å². The van der Waals surface area contributed by atoms with E-state index in [4.69, 9.17) is 4.74 Å². The number of aliphatic hydroxyl groups is 1. The van der Waals surface area contributed by atoms with Crippen LogP contribution in [0.5, 0.6) is 5.75 Å². The summed E-state index contributed by atoms with van der Waals surface area (Å²) < 4.78 is 5.22. The maximum absolute atomic E-state index is 12.9. The predicted octanol–water partition coefficient (Wildman–Crippen LogP) is 3.35. The van der Waals surface area contributed by atoms with Gasteiger partial charge in [-0.15, -0.1) is 0 Å². The average Bonchev–Trinajstić information content (AvgIpc) is 2.93. The molecule has 154 valence electrons. The summed E-state index contributed by atoms with van der Waals surface area (Å²) >= 11 is 0. The second-order valence-corrected chi connectivity index (χ2v) is 7.48. The Morgan fingerprint density at radius 2 is 1.82 bits per heavy atom. The molecule has 2 rings (SSSR count). The average molecular weight is 389 g/mol. The van der Waals surface area contributed by atoms with E-state index in [2.05, 4.69) is 18.7 Å². The number of carbonyl (C=O) groups is 2. The fourth-order valence-electron chi connectivity index (χ4n) is 3.57. The first kappa shape index (κ1) is 22.0. The molecule has 1 aliphatic rings. The zero-order valence-electron chi connectivity index (χ0n) is 17.6. The topological polar surface area (TPSA) is 70.1 Å². The van der Waals surface area contributed by atoms with Gasteiger partial charge in [0.25, 0.3) is 5.91 Å². The van der Waals surface area contributed by atoms with E-state index < -0.39 is 17.7 Å². The number of likely N-dealkylation sites (N-methyl/N-ethyl adjacent to an activating group) is 1. The Hall–Kier alpha value is -2.34. The Morgan fingerprint density at radius 3 is 2.32 bits per heavy atom. The molecule has 0 fully saturated rings. The maximum Gasteiger partial charge on any atom is 0.290 e. The number of aliphatic hydroxyl groups excluding tert-OH is 1. The van der Waals surface area contributed by atoms with Gasteiger partial charge in [-0.05, 0) is 36.7 Å². The van der Waals surface area contributed by atoms with E-state index in [-0.39, 0.29) is 17.3 Å². The first-order valence-corrected chi connectivity index (χ1v) is 9.97. The maximum atomic E-state index is 12.9. The third-order valence-electron chi connectivity index (χ3n) is 5.18. The summed E-state index contributed by atoms with van der Waals surface area (Å²) in [6.45, 7) is 10.9. The highest BCUT2D eigenvalue weighted by atomic mass is 16.5. The van der Waals surface area contributed by atoms with Gasteiger partial charge in [0.2, 0.25) is 0 Å². The molecule has 0 radical (unpaired) electrons. The van der Waals surface area contributed by atoms with Crippen LogP contribution in [0.2, 0.25) is 0 Å². The Balaban J connectivity index is 2.40. The van der Waals surface area contributed by atoms with Crippen LogP contribution in [0.3, 0.4) is 0 Å². The van der Waals surface area contributed by atoms with E-state index in [0.717, 1.165) is 18.7 Å². The molecule has 1 unspecified atom stereocenters. The fourth-order valence-corrected chi connectivity index (χ4v) is 3.57. The lowest BCUT2D eigenvalue weighted by molar-refractivity contribution is -0.129. The number of carbonyl (C=O) groups excluding carboxylic acids is 2. The van der Waals surface area contributed by atoms with Crippen LogP contribution < -0.4 is 4.74 Å². The van der Waals surface area contributed by atoms with Crippen LogP contribution in [0, 0.1) is 5.92 Å². The Morgan fingerprint density at radius 1 is 1.21 bits per heavy atom. The molecule has 0 aliphatic carbocycles. The van der Waals surface area contributed by atoms with E-state index in [1.54, 1.807) is 12.0 Å². The van der Waals surface area contributed by atoms with E-state index in [1.165, 1.54) is 0 Å². The van der Waals surface area contributed by atoms with Gasteiger partial charge in [0, 0.05) is 19.5 Å². The summed E-state index contributed by atoms with van der Waals surface area (Å²) in [6, 6.07) is 6.75. The van der Waals surface area contributed by atoms with E-state index in [1.807, 2.05) is 38.1 Å². The van der Waals surface area contributed by atoms with Gasteiger partial charge in [-0.1, -0.05) is 39.8 Å². The molecule has 1 atom stereocenters. The van der Waals surface area contributed by atoms with Crippen molar-refractivity contribution in [3.63, 3.8) is 0 Å². The third kappa shape index (κ3) is 4.73. The number of ether oxygens (including phenoxy) is 1. The van der Waals surface area contributed by atoms with Crippen LogP contribution >= 0.6 is 0 Å². The monoisotopic (exact) mass is 388 g/mol. The lowest BCUT2D eigenvalue weighted by Gasteiger charge is -2.29. The van der Waals surface area contributed by atoms with E-state index in [9.17, 15) is 14.7 Å². The van der Waals surface area contributed by atoms with Crippen molar-refractivity contribution in [2.24, 2.45) is 5.92 Å². The van der Waals surface area contributed by atoms with E-state index >= 15 is 0 Å². The molecule has 1 aromatic carbocycles. The summed E-state index contributed by atoms with van der Waals surface area (Å²) in [5.74, 6) is -0.215. The van der Waals surface area contributed by atoms with Gasteiger partial charge in [0.05, 0.1) is 18.7 Å². The molecule has 6 nitrogen and oxygen atoms in total. The van der Waals surface area contributed by atoms with Crippen LogP contribution in [-0.2, 0) is 9.59 Å². The van der Waals surface area contributed by atoms with Gasteiger partial charge in [-0.2, -0.15) is 0 Å². The number of hydrogen-bond donors (Lipinski definition) is 1. The van der Waals surface area contributed by atoms with Crippen molar-refractivity contribution in [1.29, 1.82) is 0 Å². The quantitative estimate of drug-likeness (QED) is 0.666. The zero-order valence-corrected chi connectivity index (χ0v) is 17.6. The van der Waals surface area contributed by atoms with Crippen LogP contribution in [-0.4, -0.2) is 59.9 Å². The molecule has 1 heterocycles. The Bertz CT molecular complexity index is 721. The van der Waals surface area contributed by atoms with Gasteiger partial charge in [-0.3, -0.25) is 9.59 Å². The molecule has 0 saturated carbocycles. The standard InChI is InChI=1S/C22H32N2O4/c1-6-23(7-2)12-13-24-20(16-8-10-17(28-5)11-9-16)19(21(26)22(24)27)18(25)14-15(3)4/h8-11,15,20,26H,6-7,12-14H2,1-5H3. The largest absolute Gasteiger partial charge is 0.503 e. The molecule has 0 bridgehead atoms. The van der Waals surface area contributed by atoms with Gasteiger partial charge in [-0.25, -0.2) is 0 Å². The molecule has 1 N–H and O–H groups in total. The summed E-state index contributed by atoms with van der Waals surface area (Å²) in [5, 5.41) is 10.6. The first-order valence-electron chi connectivity index (χ1n) is 9.97. The normalized spacial score (nSPS) is 17.2. The van der Waals surface area contributed by atoms with Gasteiger partial charge in [0.15, 0.2) is 11.5 Å². The highest BCUT2D eigenvalue weighted by Gasteiger charge is 2.43. The number of hydrogen-bond acceptors (Lipinski definition) is 5. The van der Waals surface area contributed by atoms with E-state index in [0.29, 0.717) is 25.3 Å². The second kappa shape index (κ2) is 9.73. The van der Waals surface area contributed by atoms with Crippen LogP contribution in [0.1, 0.15) is 45.7 Å². The van der Waals surface area contributed by atoms with Crippen molar-refractivity contribution >= 4 is 11.7 Å². The van der Waals surface area contributed by atoms with Crippen molar-refractivity contribution in [3.05, 3.63) is 41.2 Å². The van der Waals surface area contributed by atoms with Crippen LogP contribution in [0.25, 0.3) is 0 Å². The Kier molecular flexibility index (Phi) is 7.63. The molecule has 0 spiro atoms. The predicted molar refractivity (Wildman–Crippen MR) is 109 cm³/mol. The minimum atomic E-state index is -0.569. The molecular formula is C22H32N2O4. The number of rotatable bonds is 10. The number of nitrogens with zero attached hydrogens (tertiary/aromatic N) is 2. The number of benzene rings is 1.